The van der Waals surface area contributed by atoms with Crippen LogP contribution in [0.25, 0.3) is 33.0 Å². The van der Waals surface area contributed by atoms with Crippen molar-refractivity contribution in [3.63, 3.8) is 0 Å². The van der Waals surface area contributed by atoms with Crippen LogP contribution in [-0.4, -0.2) is 38.2 Å². The first-order valence-electron chi connectivity index (χ1n) is 13.4. The van der Waals surface area contributed by atoms with Crippen molar-refractivity contribution in [3.8, 4) is 0 Å². The van der Waals surface area contributed by atoms with Crippen molar-refractivity contribution in [1.82, 2.24) is 15.3 Å². The summed E-state index contributed by atoms with van der Waals surface area (Å²) in [7, 11) is 0. The van der Waals surface area contributed by atoms with Gasteiger partial charge < -0.3 is 25.1 Å². The molecule has 8 nitrogen and oxygen atoms in total. The molecule has 7 rings (SSSR count). The molecule has 8 heteroatoms. The zero-order valence-corrected chi connectivity index (χ0v) is 22.8. The van der Waals surface area contributed by atoms with Gasteiger partial charge in [0, 0.05) is 74.8 Å². The Kier molecular flexibility index (Phi) is 6.38. The molecule has 0 amide bonds. The minimum Gasteiger partial charge on any atom is -0.501 e. The Bertz CT molecular complexity index is 1970. The topological polar surface area (TPSA) is 124 Å². The lowest BCUT2D eigenvalue weighted by Gasteiger charge is -2.23. The maximum Gasteiger partial charge on any atom is 0.375 e. The second-order valence-electron chi connectivity index (χ2n) is 9.97. The summed E-state index contributed by atoms with van der Waals surface area (Å²) in [5, 5.41) is 15.5. The number of fused-ring (bicyclic) bond motifs is 2. The van der Waals surface area contributed by atoms with Gasteiger partial charge in [-0.2, -0.15) is 0 Å². The Morgan fingerprint density at radius 1 is 0.857 bits per heavy atom. The van der Waals surface area contributed by atoms with E-state index in [1.165, 1.54) is 0 Å². The van der Waals surface area contributed by atoms with Gasteiger partial charge in [-0.1, -0.05) is 67.8 Å². The van der Waals surface area contributed by atoms with Crippen LogP contribution in [0.4, 0.5) is 0 Å². The number of rotatable bonds is 4. The number of Topliss-reactive ketones (excluding diaryl/α,β-unsaturated/α-hetero) is 2. The third kappa shape index (κ3) is 3.72. The number of hydrogen-bond donors (Lipinski definition) is 4. The number of para-hydroxylation sites is 2. The number of esters is 1. The van der Waals surface area contributed by atoms with Gasteiger partial charge in [0.15, 0.2) is 0 Å². The van der Waals surface area contributed by atoms with E-state index in [1.807, 2.05) is 49.4 Å². The van der Waals surface area contributed by atoms with Crippen molar-refractivity contribution in [1.29, 1.82) is 0 Å². The molecule has 4 heterocycles. The van der Waals surface area contributed by atoms with Crippen LogP contribution in [0.15, 0.2) is 121 Å². The molecule has 1 spiro atoms. The highest BCUT2D eigenvalue weighted by molar-refractivity contribution is 6.52. The van der Waals surface area contributed by atoms with Gasteiger partial charge in [0.2, 0.25) is 17.3 Å². The minimum atomic E-state index is -2.34. The van der Waals surface area contributed by atoms with E-state index in [1.54, 1.807) is 42.9 Å². The van der Waals surface area contributed by atoms with Crippen molar-refractivity contribution < 1.29 is 24.2 Å². The first-order valence-corrected chi connectivity index (χ1v) is 13.4. The third-order valence-electron chi connectivity index (χ3n) is 7.74. The number of carbonyl (C=O) groups excluding carboxylic acids is 3. The molecule has 208 valence electrons. The minimum absolute atomic E-state index is 0.139. The van der Waals surface area contributed by atoms with Gasteiger partial charge in [-0.3, -0.25) is 9.59 Å². The first kappa shape index (κ1) is 26.6. The highest BCUT2D eigenvalue weighted by Crippen LogP contribution is 2.53. The van der Waals surface area contributed by atoms with Crippen LogP contribution >= 0.6 is 0 Å². The van der Waals surface area contributed by atoms with Gasteiger partial charge in [-0.05, 0) is 24.6 Å². The van der Waals surface area contributed by atoms with E-state index in [4.69, 9.17) is 4.74 Å². The molecule has 3 aliphatic rings. The Labute approximate surface area is 241 Å². The van der Waals surface area contributed by atoms with Crippen LogP contribution in [0.3, 0.4) is 0 Å². The summed E-state index contributed by atoms with van der Waals surface area (Å²) in [4.78, 5) is 48.2. The van der Waals surface area contributed by atoms with Crippen LogP contribution < -0.4 is 5.32 Å². The first-order chi connectivity index (χ1) is 20.4. The van der Waals surface area contributed by atoms with E-state index in [0.29, 0.717) is 28.5 Å². The highest BCUT2D eigenvalue weighted by Gasteiger charge is 2.66. The molecule has 4 aromatic rings. The van der Waals surface area contributed by atoms with Crippen molar-refractivity contribution in [2.24, 2.45) is 0 Å². The van der Waals surface area contributed by atoms with Gasteiger partial charge in [0.05, 0.1) is 5.57 Å². The predicted molar refractivity (Wildman–Crippen MR) is 162 cm³/mol. The number of ketones is 2. The maximum absolute atomic E-state index is 14.5. The summed E-state index contributed by atoms with van der Waals surface area (Å²) in [5.74, 6) is -3.22. The normalized spacial score (nSPS) is 20.8. The zero-order valence-electron chi connectivity index (χ0n) is 22.8. The summed E-state index contributed by atoms with van der Waals surface area (Å²) >= 11 is 0. The van der Waals surface area contributed by atoms with E-state index in [2.05, 4.69) is 28.4 Å². The lowest BCUT2D eigenvalue weighted by Crippen LogP contribution is -2.44. The predicted octanol–water partition coefficient (Wildman–Crippen LogP) is 5.96. The number of H-pyrrole nitrogens is 2. The number of nitrogens with one attached hydrogen (secondary N) is 3. The van der Waals surface area contributed by atoms with Crippen LogP contribution in [0, 0.1) is 0 Å². The van der Waals surface area contributed by atoms with E-state index in [0.717, 1.165) is 22.1 Å². The molecule has 0 saturated carbocycles. The number of allylic oxidation sites excluding steroid dienone is 4. The number of ether oxygens (including phenoxy) is 1. The standard InChI is InChI=1S/C30H21N3O5.C4H6/c1-2-16-11-15(12-31-16)23-24(19-13-32-21-9-5-3-7-17(19)21)28(36)30(27(23)35)25(26(34)29(37)38-30)20-14-33-22-10-6-4-8-18(20)22;1-3-4-2/h2-10,12-14,31-34H,11H2,1H3;3-4H,1-2H2/b16-2+;/t30-;/m0./s1. The molecule has 2 aromatic heterocycles. The Balaban J connectivity index is 0.000000744. The summed E-state index contributed by atoms with van der Waals surface area (Å²) in [6, 6.07) is 14.7. The number of carbonyl (C=O) groups is 3. The summed E-state index contributed by atoms with van der Waals surface area (Å²) in [6.45, 7) is 8.60. The van der Waals surface area contributed by atoms with E-state index < -0.39 is 28.9 Å². The molecule has 0 fully saturated rings. The van der Waals surface area contributed by atoms with Gasteiger partial charge in [-0.25, -0.2) is 4.79 Å². The average molecular weight is 558 g/mol. The summed E-state index contributed by atoms with van der Waals surface area (Å²) in [5.41, 5.74) is 1.73. The molecule has 42 heavy (non-hydrogen) atoms. The van der Waals surface area contributed by atoms with Crippen LogP contribution in [0.2, 0.25) is 0 Å². The van der Waals surface area contributed by atoms with Gasteiger partial charge in [0.1, 0.15) is 0 Å². The number of aliphatic hydroxyl groups is 1. The molecular formula is C34H27N3O5. The summed E-state index contributed by atoms with van der Waals surface area (Å²) in [6.07, 6.45) is 10.5. The molecule has 0 bridgehead atoms. The van der Waals surface area contributed by atoms with Crippen LogP contribution in [-0.2, 0) is 19.1 Å². The van der Waals surface area contributed by atoms with Gasteiger partial charge >= 0.3 is 5.97 Å². The quantitative estimate of drug-likeness (QED) is 0.139. The van der Waals surface area contributed by atoms with Crippen LogP contribution in [0.5, 0.6) is 0 Å². The monoisotopic (exact) mass is 557 g/mol. The van der Waals surface area contributed by atoms with E-state index >= 15 is 0 Å². The Hall–Kier alpha value is -5.63. The lowest BCUT2D eigenvalue weighted by atomic mass is 9.82. The third-order valence-corrected chi connectivity index (χ3v) is 7.74. The molecule has 0 unspecified atom stereocenters. The smallest absolute Gasteiger partial charge is 0.375 e. The molecule has 0 radical (unpaired) electrons. The number of aromatic amines is 2. The SMILES string of the molecule is C/C=C1\CC(C2=C(c3c[nH]c4ccccc34)C(=O)[C@@]3(OC(=O)C(O)=C3c3c[nH]c4ccccc34)C2=O)=CN1.C=CC=C. The fourth-order valence-electron chi connectivity index (χ4n) is 5.78. The van der Waals surface area contributed by atoms with E-state index in [9.17, 15) is 19.5 Å². The van der Waals surface area contributed by atoms with Crippen molar-refractivity contribution in [2.45, 2.75) is 18.9 Å². The largest absolute Gasteiger partial charge is 0.501 e. The van der Waals surface area contributed by atoms with Crippen LogP contribution in [0.1, 0.15) is 24.5 Å². The van der Waals surface area contributed by atoms with Crippen molar-refractivity contribution in [3.05, 3.63) is 132 Å². The van der Waals surface area contributed by atoms with Gasteiger partial charge in [-0.15, -0.1) is 0 Å². The Morgan fingerprint density at radius 3 is 2.02 bits per heavy atom. The molecule has 0 saturated heterocycles. The number of aliphatic hydroxyl groups excluding tert-OH is 1. The van der Waals surface area contributed by atoms with Crippen molar-refractivity contribution >= 4 is 50.5 Å². The maximum atomic E-state index is 14.5. The molecule has 1 atom stereocenters. The zero-order chi connectivity index (χ0) is 29.6. The lowest BCUT2D eigenvalue weighted by molar-refractivity contribution is -0.158. The molecule has 4 N–H and O–H groups in total. The number of benzene rings is 2. The molecule has 2 aliphatic heterocycles. The number of hydrogen-bond acceptors (Lipinski definition) is 6. The van der Waals surface area contributed by atoms with E-state index in [-0.39, 0.29) is 16.7 Å². The summed E-state index contributed by atoms with van der Waals surface area (Å²) < 4.78 is 5.63. The van der Waals surface area contributed by atoms with Crippen molar-refractivity contribution in [2.75, 3.05) is 0 Å². The molecular weight excluding hydrogens is 530 g/mol. The highest BCUT2D eigenvalue weighted by atomic mass is 16.6. The molecule has 2 aromatic carbocycles. The average Bonchev–Trinajstić information content (AvgIpc) is 3.83. The molecule has 1 aliphatic carbocycles. The fourth-order valence-corrected chi connectivity index (χ4v) is 5.78. The Morgan fingerprint density at radius 2 is 1.43 bits per heavy atom. The van der Waals surface area contributed by atoms with Gasteiger partial charge in [0.25, 0.3) is 5.60 Å². The second-order valence-corrected chi connectivity index (χ2v) is 9.97. The fraction of sp³-hybridized carbons (Fsp3) is 0.0882. The second kappa shape index (κ2) is 10.1. The number of aromatic nitrogens is 2.